The molecule has 1 aliphatic heterocycles. The molecule has 1 aromatic carbocycles. The van der Waals surface area contributed by atoms with Gasteiger partial charge in [0.15, 0.2) is 0 Å². The number of thioether (sulfide) groups is 1. The van der Waals surface area contributed by atoms with E-state index >= 15 is 0 Å². The Hall–Kier alpha value is -2.02. The first kappa shape index (κ1) is 16.8. The van der Waals surface area contributed by atoms with Crippen LogP contribution in [0.1, 0.15) is 32.0 Å². The zero-order valence-electron chi connectivity index (χ0n) is 14.1. The summed E-state index contributed by atoms with van der Waals surface area (Å²) in [6.07, 6.45) is 2.90. The van der Waals surface area contributed by atoms with Crippen molar-refractivity contribution >= 4 is 17.8 Å². The van der Waals surface area contributed by atoms with Gasteiger partial charge < -0.3 is 10.2 Å². The third-order valence-corrected chi connectivity index (χ3v) is 5.26. The molecule has 2 aromatic rings. The molecule has 0 saturated carbocycles. The van der Waals surface area contributed by atoms with Crippen LogP contribution in [0.25, 0.3) is 5.69 Å². The maximum atomic E-state index is 12.6. The normalized spacial score (nSPS) is 19.6. The van der Waals surface area contributed by atoms with Gasteiger partial charge in [0, 0.05) is 18.3 Å². The number of nitrogens with zero attached hydrogens (tertiary/aromatic N) is 4. The fourth-order valence-electron chi connectivity index (χ4n) is 2.72. The summed E-state index contributed by atoms with van der Waals surface area (Å²) >= 11 is 1.91. The third-order valence-electron chi connectivity index (χ3n) is 4.26. The fourth-order valence-corrected chi connectivity index (χ4v) is 3.76. The molecule has 2 atom stereocenters. The minimum absolute atomic E-state index is 0.0215. The van der Waals surface area contributed by atoms with E-state index in [1.54, 1.807) is 4.68 Å². The standard InChI is InChI=1S/C17H23N5OS/c1-13-8-10-24-11-9-21(13)17(23)18-14(2)16-12-22(20-19-16)15-6-4-3-5-7-15/h3-7,12-14H,8-11H2,1-2H3,(H,18,23)/t13-,14+/m0/s1. The summed E-state index contributed by atoms with van der Waals surface area (Å²) in [5.74, 6) is 2.11. The number of amides is 2. The monoisotopic (exact) mass is 345 g/mol. The predicted octanol–water partition coefficient (Wildman–Crippen LogP) is 2.87. The van der Waals surface area contributed by atoms with Gasteiger partial charge in [-0.1, -0.05) is 23.4 Å². The number of aromatic nitrogens is 3. The molecule has 128 valence electrons. The first-order valence-electron chi connectivity index (χ1n) is 8.27. The second-order valence-corrected chi connectivity index (χ2v) is 7.26. The molecule has 6 nitrogen and oxygen atoms in total. The smallest absolute Gasteiger partial charge is 0.318 e. The Bertz CT molecular complexity index is 675. The molecule has 1 aliphatic rings. The van der Waals surface area contributed by atoms with Crippen LogP contribution in [0, 0.1) is 0 Å². The Morgan fingerprint density at radius 1 is 1.33 bits per heavy atom. The van der Waals surface area contributed by atoms with Crippen molar-refractivity contribution in [3.05, 3.63) is 42.2 Å². The second-order valence-electron chi connectivity index (χ2n) is 6.04. The molecule has 0 aliphatic carbocycles. The summed E-state index contributed by atoms with van der Waals surface area (Å²) in [4.78, 5) is 14.5. The summed E-state index contributed by atoms with van der Waals surface area (Å²) in [6.45, 7) is 4.84. The van der Waals surface area contributed by atoms with Gasteiger partial charge in [-0.3, -0.25) is 0 Å². The first-order valence-corrected chi connectivity index (χ1v) is 9.43. The fraction of sp³-hybridized carbons (Fsp3) is 0.471. The Labute approximate surface area is 146 Å². The van der Waals surface area contributed by atoms with Crippen LogP contribution in [0.4, 0.5) is 4.79 Å². The van der Waals surface area contributed by atoms with Gasteiger partial charge in [-0.15, -0.1) is 5.10 Å². The minimum atomic E-state index is -0.182. The average Bonchev–Trinajstić information content (AvgIpc) is 2.99. The molecular formula is C17H23N5OS. The second kappa shape index (κ2) is 7.70. The van der Waals surface area contributed by atoms with Crippen LogP contribution in [-0.2, 0) is 0 Å². The molecule has 0 radical (unpaired) electrons. The van der Waals surface area contributed by atoms with E-state index in [4.69, 9.17) is 0 Å². The maximum absolute atomic E-state index is 12.6. The van der Waals surface area contributed by atoms with E-state index in [1.165, 1.54) is 0 Å². The largest absolute Gasteiger partial charge is 0.330 e. The topological polar surface area (TPSA) is 63.1 Å². The van der Waals surface area contributed by atoms with Crippen LogP contribution in [-0.4, -0.2) is 50.0 Å². The van der Waals surface area contributed by atoms with E-state index in [2.05, 4.69) is 22.6 Å². The van der Waals surface area contributed by atoms with Crippen LogP contribution >= 0.6 is 11.8 Å². The summed E-state index contributed by atoms with van der Waals surface area (Å²) in [5.41, 5.74) is 1.71. The van der Waals surface area contributed by atoms with Crippen molar-refractivity contribution in [3.63, 3.8) is 0 Å². The molecule has 1 aromatic heterocycles. The van der Waals surface area contributed by atoms with Crippen LogP contribution in [0.2, 0.25) is 0 Å². The van der Waals surface area contributed by atoms with Crippen molar-refractivity contribution in [2.24, 2.45) is 0 Å². The summed E-state index contributed by atoms with van der Waals surface area (Å²) in [7, 11) is 0. The molecule has 3 rings (SSSR count). The minimum Gasteiger partial charge on any atom is -0.330 e. The number of carbonyl (C=O) groups is 1. The van der Waals surface area contributed by atoms with Crippen LogP contribution in [0.3, 0.4) is 0 Å². The lowest BCUT2D eigenvalue weighted by atomic mass is 10.2. The van der Waals surface area contributed by atoms with Gasteiger partial charge in [0.2, 0.25) is 0 Å². The van der Waals surface area contributed by atoms with Crippen molar-refractivity contribution in [2.45, 2.75) is 32.4 Å². The molecule has 2 heterocycles. The van der Waals surface area contributed by atoms with Crippen molar-refractivity contribution < 1.29 is 4.79 Å². The molecule has 0 bridgehead atoms. The Morgan fingerprint density at radius 3 is 2.92 bits per heavy atom. The van der Waals surface area contributed by atoms with Crippen molar-refractivity contribution in [2.75, 3.05) is 18.1 Å². The zero-order chi connectivity index (χ0) is 16.9. The van der Waals surface area contributed by atoms with E-state index in [0.29, 0.717) is 0 Å². The Kier molecular flexibility index (Phi) is 5.40. The van der Waals surface area contributed by atoms with Gasteiger partial charge in [-0.05, 0) is 38.2 Å². The molecular weight excluding hydrogens is 322 g/mol. The van der Waals surface area contributed by atoms with Crippen molar-refractivity contribution in [1.82, 2.24) is 25.2 Å². The molecule has 7 heteroatoms. The lowest BCUT2D eigenvalue weighted by Gasteiger charge is -2.28. The highest BCUT2D eigenvalue weighted by molar-refractivity contribution is 7.99. The molecule has 0 unspecified atom stereocenters. The van der Waals surface area contributed by atoms with Gasteiger partial charge in [-0.25, -0.2) is 9.48 Å². The number of nitrogens with one attached hydrogen (secondary N) is 1. The van der Waals surface area contributed by atoms with E-state index in [-0.39, 0.29) is 18.1 Å². The molecule has 1 N–H and O–H groups in total. The summed E-state index contributed by atoms with van der Waals surface area (Å²) < 4.78 is 1.73. The number of hydrogen-bond donors (Lipinski definition) is 1. The van der Waals surface area contributed by atoms with Crippen molar-refractivity contribution in [1.29, 1.82) is 0 Å². The number of urea groups is 1. The van der Waals surface area contributed by atoms with Crippen LogP contribution < -0.4 is 5.32 Å². The van der Waals surface area contributed by atoms with Gasteiger partial charge >= 0.3 is 6.03 Å². The van der Waals surface area contributed by atoms with Crippen molar-refractivity contribution in [3.8, 4) is 5.69 Å². The van der Waals surface area contributed by atoms with Gasteiger partial charge in [0.25, 0.3) is 0 Å². The third kappa shape index (κ3) is 3.90. The van der Waals surface area contributed by atoms with Gasteiger partial charge in [0.1, 0.15) is 5.69 Å². The Balaban J connectivity index is 1.65. The summed E-state index contributed by atoms with van der Waals surface area (Å²) in [5, 5.41) is 11.4. The van der Waals surface area contributed by atoms with Crippen LogP contribution in [0.5, 0.6) is 0 Å². The average molecular weight is 345 g/mol. The number of hydrogen-bond acceptors (Lipinski definition) is 4. The lowest BCUT2D eigenvalue weighted by Crippen LogP contribution is -2.46. The van der Waals surface area contributed by atoms with Gasteiger partial charge in [-0.2, -0.15) is 11.8 Å². The first-order chi connectivity index (χ1) is 11.6. The van der Waals surface area contributed by atoms with Gasteiger partial charge in [0.05, 0.1) is 17.9 Å². The highest BCUT2D eigenvalue weighted by atomic mass is 32.2. The van der Waals surface area contributed by atoms with E-state index < -0.39 is 0 Å². The summed E-state index contributed by atoms with van der Waals surface area (Å²) in [6, 6.07) is 9.89. The quantitative estimate of drug-likeness (QED) is 0.929. The zero-order valence-corrected chi connectivity index (χ0v) is 14.9. The lowest BCUT2D eigenvalue weighted by molar-refractivity contribution is 0.179. The molecule has 1 fully saturated rings. The number of para-hydroxylation sites is 1. The SMILES string of the molecule is C[C@@H](NC(=O)N1CCSCC[C@@H]1C)c1cn(-c2ccccc2)nn1. The predicted molar refractivity (Wildman–Crippen MR) is 96.4 cm³/mol. The Morgan fingerprint density at radius 2 is 2.12 bits per heavy atom. The highest BCUT2D eigenvalue weighted by Crippen LogP contribution is 2.17. The number of carbonyl (C=O) groups excluding carboxylic acids is 1. The van der Waals surface area contributed by atoms with E-state index in [9.17, 15) is 4.79 Å². The van der Waals surface area contributed by atoms with Crippen LogP contribution in [0.15, 0.2) is 36.5 Å². The molecule has 2 amide bonds. The number of benzene rings is 1. The van der Waals surface area contributed by atoms with E-state index in [1.807, 2.05) is 60.1 Å². The molecule has 24 heavy (non-hydrogen) atoms. The molecule has 0 spiro atoms. The van der Waals surface area contributed by atoms with E-state index in [0.717, 1.165) is 35.9 Å². The highest BCUT2D eigenvalue weighted by Gasteiger charge is 2.24. The maximum Gasteiger partial charge on any atom is 0.318 e. The molecule has 1 saturated heterocycles. The number of rotatable bonds is 3.